The van der Waals surface area contributed by atoms with E-state index in [4.69, 9.17) is 4.74 Å². The van der Waals surface area contributed by atoms with Gasteiger partial charge in [-0.2, -0.15) is 0 Å². The van der Waals surface area contributed by atoms with Crippen LogP contribution in [0.2, 0.25) is 0 Å². The van der Waals surface area contributed by atoms with Gasteiger partial charge in [-0.25, -0.2) is 0 Å². The first-order valence-electron chi connectivity index (χ1n) is 11.7. The lowest BCUT2D eigenvalue weighted by Crippen LogP contribution is -2.37. The largest absolute Gasteiger partial charge is 0.493 e. The Labute approximate surface area is 190 Å². The zero-order valence-electron chi connectivity index (χ0n) is 18.6. The second kappa shape index (κ2) is 11.1. The zero-order valence-corrected chi connectivity index (χ0v) is 18.6. The molecule has 0 bridgehead atoms. The summed E-state index contributed by atoms with van der Waals surface area (Å²) in [6.45, 7) is 3.59. The molecule has 0 aromatic heterocycles. The third-order valence-electron chi connectivity index (χ3n) is 5.99. The van der Waals surface area contributed by atoms with Crippen molar-refractivity contribution in [3.8, 4) is 5.75 Å². The smallest absolute Gasteiger partial charge is 0.251 e. The van der Waals surface area contributed by atoms with Crippen molar-refractivity contribution in [1.29, 1.82) is 0 Å². The van der Waals surface area contributed by atoms with Crippen LogP contribution < -0.4 is 15.4 Å². The fourth-order valence-electron chi connectivity index (χ4n) is 3.94. The lowest BCUT2D eigenvalue weighted by atomic mass is 10.1. The molecule has 1 saturated carbocycles. The fourth-order valence-corrected chi connectivity index (χ4v) is 3.94. The Morgan fingerprint density at radius 3 is 2.72 bits per heavy atom. The van der Waals surface area contributed by atoms with Gasteiger partial charge in [-0.15, -0.1) is 0 Å². The predicted molar refractivity (Wildman–Crippen MR) is 124 cm³/mol. The highest BCUT2D eigenvalue weighted by Crippen LogP contribution is 2.28. The van der Waals surface area contributed by atoms with Crippen molar-refractivity contribution < 1.29 is 14.3 Å². The standard InChI is InChI=1S/C26H33N3O3/c30-25-19-29(17-21-7-3-1-4-8-21)18-23-12-11-22(26(31)28-16-20-9-10-20)15-24(23)32-14-6-2-5-13-27-25/h1,3-4,7-8,11-12,15,20H,2,5-6,9-10,13-14,16-19H2,(H,27,30)(H,28,31). The van der Waals surface area contributed by atoms with E-state index in [1.807, 2.05) is 36.4 Å². The van der Waals surface area contributed by atoms with Crippen molar-refractivity contribution >= 4 is 11.8 Å². The minimum absolute atomic E-state index is 0.0405. The van der Waals surface area contributed by atoms with Crippen LogP contribution >= 0.6 is 0 Å². The number of fused-ring (bicyclic) bond motifs is 1. The number of carbonyl (C=O) groups excluding carboxylic acids is 2. The van der Waals surface area contributed by atoms with Gasteiger partial charge in [-0.1, -0.05) is 36.4 Å². The topological polar surface area (TPSA) is 70.7 Å². The Morgan fingerprint density at radius 1 is 1.06 bits per heavy atom. The average molecular weight is 436 g/mol. The first-order chi connectivity index (χ1) is 15.7. The Balaban J connectivity index is 1.54. The number of hydrogen-bond acceptors (Lipinski definition) is 4. The Kier molecular flexibility index (Phi) is 7.77. The zero-order chi connectivity index (χ0) is 22.2. The van der Waals surface area contributed by atoms with Crippen LogP contribution in [0.1, 0.15) is 53.6 Å². The molecule has 0 unspecified atom stereocenters. The second-order valence-electron chi connectivity index (χ2n) is 8.87. The molecule has 2 aliphatic rings. The number of amides is 2. The Bertz CT molecular complexity index is 912. The summed E-state index contributed by atoms with van der Waals surface area (Å²) in [5.41, 5.74) is 2.77. The quantitative estimate of drug-likeness (QED) is 0.754. The van der Waals surface area contributed by atoms with Crippen molar-refractivity contribution in [2.24, 2.45) is 5.92 Å². The van der Waals surface area contributed by atoms with Crippen LogP contribution in [0.25, 0.3) is 0 Å². The van der Waals surface area contributed by atoms with Crippen LogP contribution in [-0.4, -0.2) is 43.0 Å². The van der Waals surface area contributed by atoms with Crippen LogP contribution in [0.4, 0.5) is 0 Å². The van der Waals surface area contributed by atoms with Gasteiger partial charge in [0.1, 0.15) is 5.75 Å². The maximum absolute atomic E-state index is 12.6. The maximum Gasteiger partial charge on any atom is 0.251 e. The van der Waals surface area contributed by atoms with Gasteiger partial charge in [-0.05, 0) is 55.7 Å². The van der Waals surface area contributed by atoms with Gasteiger partial charge in [0.25, 0.3) is 5.91 Å². The Morgan fingerprint density at radius 2 is 1.91 bits per heavy atom. The van der Waals surface area contributed by atoms with Gasteiger partial charge in [0.15, 0.2) is 0 Å². The van der Waals surface area contributed by atoms with E-state index >= 15 is 0 Å². The van der Waals surface area contributed by atoms with Gasteiger partial charge < -0.3 is 15.4 Å². The Hall–Kier alpha value is -2.86. The molecule has 0 saturated heterocycles. The summed E-state index contributed by atoms with van der Waals surface area (Å²) in [6, 6.07) is 15.9. The first-order valence-corrected chi connectivity index (χ1v) is 11.7. The number of hydrogen-bond donors (Lipinski definition) is 2. The molecular weight excluding hydrogens is 402 g/mol. The highest BCUT2D eigenvalue weighted by molar-refractivity contribution is 5.94. The van der Waals surface area contributed by atoms with Crippen molar-refractivity contribution in [3.63, 3.8) is 0 Å². The third-order valence-corrected chi connectivity index (χ3v) is 5.99. The van der Waals surface area contributed by atoms with Crippen molar-refractivity contribution in [3.05, 3.63) is 65.2 Å². The molecule has 2 amide bonds. The van der Waals surface area contributed by atoms with Crippen LogP contribution in [-0.2, 0) is 17.9 Å². The molecule has 0 atom stereocenters. The highest BCUT2D eigenvalue weighted by Gasteiger charge is 2.22. The van der Waals surface area contributed by atoms with E-state index in [1.54, 1.807) is 0 Å². The van der Waals surface area contributed by atoms with E-state index in [2.05, 4.69) is 27.7 Å². The maximum atomic E-state index is 12.6. The van der Waals surface area contributed by atoms with Crippen molar-refractivity contribution in [2.45, 2.75) is 45.2 Å². The van der Waals surface area contributed by atoms with Crippen molar-refractivity contribution in [2.75, 3.05) is 26.2 Å². The molecule has 0 radical (unpaired) electrons. The molecule has 0 spiro atoms. The van der Waals surface area contributed by atoms with Crippen LogP contribution in [0.15, 0.2) is 48.5 Å². The van der Waals surface area contributed by atoms with E-state index < -0.39 is 0 Å². The lowest BCUT2D eigenvalue weighted by Gasteiger charge is -2.23. The van der Waals surface area contributed by atoms with Gasteiger partial charge in [-0.3, -0.25) is 14.5 Å². The summed E-state index contributed by atoms with van der Waals surface area (Å²) in [6.07, 6.45) is 5.26. The summed E-state index contributed by atoms with van der Waals surface area (Å²) in [5.74, 6) is 1.37. The summed E-state index contributed by atoms with van der Waals surface area (Å²) in [4.78, 5) is 27.3. The lowest BCUT2D eigenvalue weighted by molar-refractivity contribution is -0.122. The molecule has 1 aliphatic carbocycles. The molecule has 1 fully saturated rings. The second-order valence-corrected chi connectivity index (χ2v) is 8.87. The van der Waals surface area contributed by atoms with Crippen LogP contribution in [0, 0.1) is 5.92 Å². The third kappa shape index (κ3) is 6.82. The fraction of sp³-hybridized carbons (Fsp3) is 0.462. The van der Waals surface area contributed by atoms with Gasteiger partial charge in [0.2, 0.25) is 5.91 Å². The molecule has 1 aliphatic heterocycles. The summed E-state index contributed by atoms with van der Waals surface area (Å²) in [5, 5.41) is 6.07. The molecule has 2 N–H and O–H groups in total. The molecular formula is C26H33N3O3. The normalized spacial score (nSPS) is 18.2. The SMILES string of the molecule is O=C1CN(Cc2ccccc2)Cc2ccc(C(=O)NCC3CC3)cc2OCCCCCN1. The molecule has 2 aromatic carbocycles. The molecule has 170 valence electrons. The molecule has 1 heterocycles. The first kappa shape index (κ1) is 22.3. The highest BCUT2D eigenvalue weighted by atomic mass is 16.5. The number of carbonyl (C=O) groups is 2. The molecule has 32 heavy (non-hydrogen) atoms. The molecule has 6 heteroatoms. The monoisotopic (exact) mass is 435 g/mol. The van der Waals surface area contributed by atoms with E-state index in [1.165, 1.54) is 12.8 Å². The summed E-state index contributed by atoms with van der Waals surface area (Å²) >= 11 is 0. The van der Waals surface area contributed by atoms with E-state index in [-0.39, 0.29) is 11.8 Å². The van der Waals surface area contributed by atoms with E-state index in [9.17, 15) is 9.59 Å². The minimum atomic E-state index is -0.0493. The van der Waals surface area contributed by atoms with E-state index in [0.29, 0.717) is 44.3 Å². The molecule has 6 nitrogen and oxygen atoms in total. The van der Waals surface area contributed by atoms with Crippen LogP contribution in [0.3, 0.4) is 0 Å². The van der Waals surface area contributed by atoms with Crippen molar-refractivity contribution in [1.82, 2.24) is 15.5 Å². The number of nitrogens with one attached hydrogen (secondary N) is 2. The number of rotatable bonds is 5. The number of benzene rings is 2. The van der Waals surface area contributed by atoms with Gasteiger partial charge in [0.05, 0.1) is 13.2 Å². The van der Waals surface area contributed by atoms with Crippen LogP contribution in [0.5, 0.6) is 5.75 Å². The average Bonchev–Trinajstić information content (AvgIpc) is 3.62. The molecule has 2 aromatic rings. The van der Waals surface area contributed by atoms with Gasteiger partial charge >= 0.3 is 0 Å². The van der Waals surface area contributed by atoms with Gasteiger partial charge in [0, 0.05) is 37.3 Å². The minimum Gasteiger partial charge on any atom is -0.493 e. The molecule has 4 rings (SSSR count). The predicted octanol–water partition coefficient (Wildman–Crippen LogP) is 3.51. The summed E-state index contributed by atoms with van der Waals surface area (Å²) < 4.78 is 6.14. The number of ether oxygens (including phenoxy) is 1. The summed E-state index contributed by atoms with van der Waals surface area (Å²) in [7, 11) is 0. The van der Waals surface area contributed by atoms with E-state index in [0.717, 1.165) is 42.7 Å². The number of nitrogens with zero attached hydrogens (tertiary/aromatic N) is 1.